The number of halogens is 1. The molecule has 1 aromatic rings. The smallest absolute Gasteiger partial charge is 0.0402 e. The van der Waals surface area contributed by atoms with Gasteiger partial charge in [0.25, 0.3) is 0 Å². The highest BCUT2D eigenvalue weighted by atomic mass is 35.5. The first kappa shape index (κ1) is 12.0. The van der Waals surface area contributed by atoms with Gasteiger partial charge >= 0.3 is 0 Å². The molecule has 80 valence electrons. The van der Waals surface area contributed by atoms with E-state index in [9.17, 15) is 0 Å². The highest BCUT2D eigenvalue weighted by molar-refractivity contribution is 7.07. The summed E-state index contributed by atoms with van der Waals surface area (Å²) in [6, 6.07) is 2.19. The average Bonchev–Trinajstić information content (AvgIpc) is 2.66. The van der Waals surface area contributed by atoms with Gasteiger partial charge in [-0.05, 0) is 49.7 Å². The van der Waals surface area contributed by atoms with Crippen molar-refractivity contribution in [2.45, 2.75) is 25.8 Å². The molecule has 0 aromatic carbocycles. The lowest BCUT2D eigenvalue weighted by Gasteiger charge is -2.33. The van der Waals surface area contributed by atoms with Crippen LogP contribution in [0.5, 0.6) is 0 Å². The van der Waals surface area contributed by atoms with Crippen molar-refractivity contribution in [2.24, 2.45) is 0 Å². The third-order valence-corrected chi connectivity index (χ3v) is 4.06. The van der Waals surface area contributed by atoms with Gasteiger partial charge in [-0.2, -0.15) is 11.3 Å². The van der Waals surface area contributed by atoms with Crippen molar-refractivity contribution < 1.29 is 0 Å². The summed E-state index contributed by atoms with van der Waals surface area (Å²) >= 11 is 7.67. The molecular weight excluding hydrogens is 214 g/mol. The lowest BCUT2D eigenvalue weighted by molar-refractivity contribution is 0.181. The predicted octanol–water partition coefficient (Wildman–Crippen LogP) is 3.24. The van der Waals surface area contributed by atoms with Crippen molar-refractivity contribution in [3.63, 3.8) is 0 Å². The van der Waals surface area contributed by atoms with Gasteiger partial charge in [-0.25, -0.2) is 0 Å². The average molecular weight is 232 g/mol. The van der Waals surface area contributed by atoms with Gasteiger partial charge in [-0.15, -0.1) is 11.6 Å². The van der Waals surface area contributed by atoms with Gasteiger partial charge in [0.1, 0.15) is 0 Å². The number of thiophene rings is 1. The Balaban J connectivity index is 2.38. The summed E-state index contributed by atoms with van der Waals surface area (Å²) in [7, 11) is 2.13. The quantitative estimate of drug-likeness (QED) is 0.704. The van der Waals surface area contributed by atoms with Crippen molar-refractivity contribution in [1.82, 2.24) is 4.90 Å². The predicted molar refractivity (Wildman–Crippen MR) is 65.5 cm³/mol. The van der Waals surface area contributed by atoms with Crippen LogP contribution in [-0.2, 0) is 6.42 Å². The molecule has 1 rings (SSSR count). The molecule has 14 heavy (non-hydrogen) atoms. The molecular formula is C11H18ClNS. The molecule has 0 saturated heterocycles. The molecule has 0 radical (unpaired) electrons. The molecule has 0 aliphatic rings. The van der Waals surface area contributed by atoms with E-state index < -0.39 is 0 Å². The van der Waals surface area contributed by atoms with Crippen LogP contribution in [-0.4, -0.2) is 29.9 Å². The van der Waals surface area contributed by atoms with Gasteiger partial charge in [0, 0.05) is 18.0 Å². The van der Waals surface area contributed by atoms with Crippen molar-refractivity contribution in [3.05, 3.63) is 22.4 Å². The Bertz CT molecular complexity index is 256. The van der Waals surface area contributed by atoms with E-state index in [-0.39, 0.29) is 5.54 Å². The molecule has 1 nitrogen and oxygen atoms in total. The number of hydrogen-bond donors (Lipinski definition) is 0. The van der Waals surface area contributed by atoms with Gasteiger partial charge < -0.3 is 0 Å². The summed E-state index contributed by atoms with van der Waals surface area (Å²) in [4.78, 5) is 2.32. The maximum Gasteiger partial charge on any atom is 0.0402 e. The van der Waals surface area contributed by atoms with E-state index in [1.807, 2.05) is 0 Å². The van der Waals surface area contributed by atoms with Gasteiger partial charge in [-0.3, -0.25) is 4.90 Å². The maximum absolute atomic E-state index is 5.91. The summed E-state index contributed by atoms with van der Waals surface area (Å²) in [6.07, 6.45) is 1.11. The van der Waals surface area contributed by atoms with Crippen LogP contribution in [0.15, 0.2) is 16.8 Å². The minimum atomic E-state index is 0.0948. The molecule has 0 spiro atoms. The molecule has 0 aliphatic carbocycles. The molecule has 0 unspecified atom stereocenters. The van der Waals surface area contributed by atoms with E-state index in [1.165, 1.54) is 5.56 Å². The fraction of sp³-hybridized carbons (Fsp3) is 0.636. The topological polar surface area (TPSA) is 3.24 Å². The summed E-state index contributed by atoms with van der Waals surface area (Å²) in [5, 5.41) is 4.34. The first-order valence-electron chi connectivity index (χ1n) is 4.84. The lowest BCUT2D eigenvalue weighted by Crippen LogP contribution is -2.43. The second-order valence-electron chi connectivity index (χ2n) is 4.25. The van der Waals surface area contributed by atoms with Crippen molar-refractivity contribution >= 4 is 22.9 Å². The largest absolute Gasteiger partial charge is 0.300 e. The van der Waals surface area contributed by atoms with Crippen LogP contribution in [0, 0.1) is 0 Å². The van der Waals surface area contributed by atoms with E-state index in [4.69, 9.17) is 11.6 Å². The highest BCUT2D eigenvalue weighted by Gasteiger charge is 2.21. The third kappa shape index (κ3) is 3.26. The van der Waals surface area contributed by atoms with E-state index in [0.717, 1.165) is 13.0 Å². The molecule has 0 bridgehead atoms. The van der Waals surface area contributed by atoms with Crippen LogP contribution in [0.25, 0.3) is 0 Å². The zero-order valence-electron chi connectivity index (χ0n) is 9.09. The first-order chi connectivity index (χ1) is 6.56. The van der Waals surface area contributed by atoms with Crippen molar-refractivity contribution in [2.75, 3.05) is 19.5 Å². The molecule has 3 heteroatoms. The van der Waals surface area contributed by atoms with Gasteiger partial charge in [0.05, 0.1) is 0 Å². The maximum atomic E-state index is 5.91. The summed E-state index contributed by atoms with van der Waals surface area (Å²) in [6.45, 7) is 5.41. The van der Waals surface area contributed by atoms with E-state index in [1.54, 1.807) is 11.3 Å². The second kappa shape index (κ2) is 5.15. The Morgan fingerprint density at radius 3 is 2.71 bits per heavy atom. The SMILES string of the molecule is CN(CCc1ccsc1)C(C)(C)CCl. The van der Waals surface area contributed by atoms with Gasteiger partial charge in [0.15, 0.2) is 0 Å². The highest BCUT2D eigenvalue weighted by Crippen LogP contribution is 2.15. The molecule has 0 aliphatic heterocycles. The molecule has 1 aromatic heterocycles. The van der Waals surface area contributed by atoms with Gasteiger partial charge in [-0.1, -0.05) is 0 Å². The minimum Gasteiger partial charge on any atom is -0.300 e. The number of nitrogens with zero attached hydrogens (tertiary/aromatic N) is 1. The Morgan fingerprint density at radius 2 is 2.21 bits per heavy atom. The van der Waals surface area contributed by atoms with E-state index in [2.05, 4.69) is 42.6 Å². The van der Waals surface area contributed by atoms with E-state index in [0.29, 0.717) is 5.88 Å². The molecule has 0 atom stereocenters. The molecule has 0 N–H and O–H groups in total. The summed E-state index contributed by atoms with van der Waals surface area (Å²) in [5.74, 6) is 0.674. The Hall–Kier alpha value is -0.0500. The van der Waals surface area contributed by atoms with Crippen LogP contribution in [0.4, 0.5) is 0 Å². The monoisotopic (exact) mass is 231 g/mol. The third-order valence-electron chi connectivity index (χ3n) is 2.68. The number of hydrogen-bond acceptors (Lipinski definition) is 2. The fourth-order valence-corrected chi connectivity index (χ4v) is 2.04. The number of likely N-dealkylation sites (N-methyl/N-ethyl adjacent to an activating group) is 1. The van der Waals surface area contributed by atoms with Crippen LogP contribution >= 0.6 is 22.9 Å². The zero-order chi connectivity index (χ0) is 10.6. The lowest BCUT2D eigenvalue weighted by atomic mass is 10.1. The first-order valence-corrected chi connectivity index (χ1v) is 6.32. The van der Waals surface area contributed by atoms with Crippen LogP contribution in [0.3, 0.4) is 0 Å². The van der Waals surface area contributed by atoms with Crippen molar-refractivity contribution in [1.29, 1.82) is 0 Å². The van der Waals surface area contributed by atoms with E-state index >= 15 is 0 Å². The number of alkyl halides is 1. The van der Waals surface area contributed by atoms with Crippen molar-refractivity contribution in [3.8, 4) is 0 Å². The Morgan fingerprint density at radius 1 is 1.50 bits per heavy atom. The molecule has 1 heterocycles. The standard InChI is InChI=1S/C11H18ClNS/c1-11(2,9-12)13(3)6-4-10-5-7-14-8-10/h5,7-8H,4,6,9H2,1-3H3. The molecule has 0 saturated carbocycles. The number of rotatable bonds is 5. The molecule has 0 amide bonds. The Kier molecular flexibility index (Phi) is 4.42. The van der Waals surface area contributed by atoms with Crippen LogP contribution < -0.4 is 0 Å². The van der Waals surface area contributed by atoms with Gasteiger partial charge in [0.2, 0.25) is 0 Å². The van der Waals surface area contributed by atoms with Crippen LogP contribution in [0.2, 0.25) is 0 Å². The normalized spacial score (nSPS) is 12.4. The Labute approximate surface area is 95.7 Å². The summed E-state index contributed by atoms with van der Waals surface area (Å²) < 4.78 is 0. The second-order valence-corrected chi connectivity index (χ2v) is 5.30. The zero-order valence-corrected chi connectivity index (χ0v) is 10.7. The van der Waals surface area contributed by atoms with Crippen LogP contribution in [0.1, 0.15) is 19.4 Å². The summed E-state index contributed by atoms with van der Waals surface area (Å²) in [5.41, 5.74) is 1.52. The molecule has 0 fully saturated rings. The minimum absolute atomic E-state index is 0.0948. The fourth-order valence-electron chi connectivity index (χ4n) is 1.14.